The summed E-state index contributed by atoms with van der Waals surface area (Å²) < 4.78 is 11.8. The fraction of sp³-hybridized carbons (Fsp3) is 0.478. The first-order chi connectivity index (χ1) is 12.2. The van der Waals surface area contributed by atoms with Gasteiger partial charge in [0.05, 0.1) is 13.2 Å². The van der Waals surface area contributed by atoms with E-state index in [0.717, 1.165) is 30.3 Å². The van der Waals surface area contributed by atoms with E-state index in [0.29, 0.717) is 5.92 Å². The molecule has 0 spiro atoms. The van der Waals surface area contributed by atoms with Crippen molar-refractivity contribution in [3.63, 3.8) is 0 Å². The number of ether oxygens (including phenoxy) is 2. The minimum atomic E-state index is 0.0655. The van der Waals surface area contributed by atoms with Crippen LogP contribution in [-0.4, -0.2) is 19.3 Å². The average Bonchev–Trinajstić information content (AvgIpc) is 2.58. The predicted octanol–water partition coefficient (Wildman–Crippen LogP) is 5.90. The number of hydrogen-bond acceptors (Lipinski definition) is 3. The summed E-state index contributed by atoms with van der Waals surface area (Å²) in [7, 11) is 0. The Hall–Kier alpha value is -2.16. The Kier molecular flexibility index (Phi) is 6.96. The maximum absolute atomic E-state index is 6.02. The largest absolute Gasteiger partial charge is 0.493 e. The lowest BCUT2D eigenvalue weighted by Gasteiger charge is -2.20. The van der Waals surface area contributed by atoms with Crippen molar-refractivity contribution >= 4 is 5.69 Å². The Balaban J connectivity index is 1.85. The van der Waals surface area contributed by atoms with Crippen LogP contribution in [0.3, 0.4) is 0 Å². The van der Waals surface area contributed by atoms with E-state index in [1.807, 2.05) is 24.3 Å². The molecular formula is C23H33NO2. The third-order valence-corrected chi connectivity index (χ3v) is 4.07. The van der Waals surface area contributed by atoms with Crippen LogP contribution < -0.4 is 14.8 Å². The Morgan fingerprint density at radius 2 is 1.62 bits per heavy atom. The van der Waals surface area contributed by atoms with Crippen LogP contribution in [0, 0.1) is 5.92 Å². The highest BCUT2D eigenvalue weighted by Crippen LogP contribution is 2.25. The van der Waals surface area contributed by atoms with E-state index in [1.54, 1.807) is 0 Å². The molecule has 0 fully saturated rings. The highest BCUT2D eigenvalue weighted by atomic mass is 16.5. The quantitative estimate of drug-likeness (QED) is 0.639. The van der Waals surface area contributed by atoms with E-state index in [4.69, 9.17) is 9.47 Å². The Morgan fingerprint density at radius 3 is 2.23 bits per heavy atom. The molecule has 0 radical (unpaired) electrons. The molecule has 0 amide bonds. The van der Waals surface area contributed by atoms with Gasteiger partial charge in [-0.3, -0.25) is 0 Å². The van der Waals surface area contributed by atoms with Gasteiger partial charge in [-0.25, -0.2) is 0 Å². The molecule has 1 N–H and O–H groups in total. The van der Waals surface area contributed by atoms with Crippen LogP contribution in [-0.2, 0) is 5.41 Å². The van der Waals surface area contributed by atoms with E-state index in [9.17, 15) is 0 Å². The van der Waals surface area contributed by atoms with E-state index in [1.165, 1.54) is 5.56 Å². The molecule has 2 rings (SSSR count). The van der Waals surface area contributed by atoms with Gasteiger partial charge in [0.25, 0.3) is 0 Å². The van der Waals surface area contributed by atoms with Crippen LogP contribution in [0.25, 0.3) is 0 Å². The molecule has 0 aliphatic rings. The maximum Gasteiger partial charge on any atom is 0.121 e. The second-order valence-corrected chi connectivity index (χ2v) is 8.32. The fourth-order valence-corrected chi connectivity index (χ4v) is 2.53. The SMILES string of the molecule is CC(C)COc1cccc(NCC(C)Oc2ccc(C(C)(C)C)cc2)c1. The zero-order valence-corrected chi connectivity index (χ0v) is 17.0. The van der Waals surface area contributed by atoms with Crippen molar-refractivity contribution in [2.45, 2.75) is 53.1 Å². The van der Waals surface area contributed by atoms with Crippen molar-refractivity contribution in [2.24, 2.45) is 5.92 Å². The molecule has 0 saturated carbocycles. The summed E-state index contributed by atoms with van der Waals surface area (Å²) in [5, 5.41) is 3.42. The zero-order chi connectivity index (χ0) is 19.2. The van der Waals surface area contributed by atoms with Gasteiger partial charge in [0.15, 0.2) is 0 Å². The van der Waals surface area contributed by atoms with Crippen molar-refractivity contribution in [2.75, 3.05) is 18.5 Å². The average molecular weight is 356 g/mol. The number of benzene rings is 2. The number of hydrogen-bond donors (Lipinski definition) is 1. The summed E-state index contributed by atoms with van der Waals surface area (Å²) >= 11 is 0. The summed E-state index contributed by atoms with van der Waals surface area (Å²) in [6, 6.07) is 16.5. The van der Waals surface area contributed by atoms with Gasteiger partial charge in [0.1, 0.15) is 17.6 Å². The second kappa shape index (κ2) is 8.98. The van der Waals surface area contributed by atoms with Crippen LogP contribution in [0.2, 0.25) is 0 Å². The molecule has 0 saturated heterocycles. The van der Waals surface area contributed by atoms with E-state index < -0.39 is 0 Å². The molecule has 142 valence electrons. The van der Waals surface area contributed by atoms with E-state index >= 15 is 0 Å². The van der Waals surface area contributed by atoms with Gasteiger partial charge in [0, 0.05) is 11.8 Å². The smallest absolute Gasteiger partial charge is 0.121 e. The van der Waals surface area contributed by atoms with Crippen LogP contribution in [0.15, 0.2) is 48.5 Å². The van der Waals surface area contributed by atoms with Gasteiger partial charge in [-0.05, 0) is 48.1 Å². The third kappa shape index (κ3) is 6.62. The highest BCUT2D eigenvalue weighted by Gasteiger charge is 2.13. The summed E-state index contributed by atoms with van der Waals surface area (Å²) in [6.07, 6.45) is 0.0655. The molecule has 2 aromatic carbocycles. The monoisotopic (exact) mass is 355 g/mol. The molecular weight excluding hydrogens is 322 g/mol. The lowest BCUT2D eigenvalue weighted by Crippen LogP contribution is -2.22. The summed E-state index contributed by atoms with van der Waals surface area (Å²) in [6.45, 7) is 14.5. The molecule has 0 heterocycles. The van der Waals surface area contributed by atoms with Crippen molar-refractivity contribution < 1.29 is 9.47 Å². The molecule has 26 heavy (non-hydrogen) atoms. The van der Waals surface area contributed by atoms with Crippen molar-refractivity contribution in [3.8, 4) is 11.5 Å². The molecule has 3 heteroatoms. The van der Waals surface area contributed by atoms with Gasteiger partial charge in [-0.15, -0.1) is 0 Å². The normalized spacial score (nSPS) is 12.7. The van der Waals surface area contributed by atoms with Gasteiger partial charge >= 0.3 is 0 Å². The molecule has 0 aliphatic heterocycles. The third-order valence-electron chi connectivity index (χ3n) is 4.07. The topological polar surface area (TPSA) is 30.5 Å². The first kappa shape index (κ1) is 20.2. The lowest BCUT2D eigenvalue weighted by atomic mass is 9.87. The number of rotatable bonds is 8. The van der Waals surface area contributed by atoms with Gasteiger partial charge < -0.3 is 14.8 Å². The molecule has 0 bridgehead atoms. The van der Waals surface area contributed by atoms with Gasteiger partial charge in [-0.1, -0.05) is 52.8 Å². The minimum Gasteiger partial charge on any atom is -0.493 e. The Morgan fingerprint density at radius 1 is 0.923 bits per heavy atom. The van der Waals surface area contributed by atoms with Gasteiger partial charge in [0.2, 0.25) is 0 Å². The van der Waals surface area contributed by atoms with Crippen molar-refractivity contribution in [1.29, 1.82) is 0 Å². The Bertz CT molecular complexity index is 671. The number of anilines is 1. The van der Waals surface area contributed by atoms with E-state index in [2.05, 4.69) is 71.1 Å². The maximum atomic E-state index is 6.02. The summed E-state index contributed by atoms with van der Waals surface area (Å²) in [4.78, 5) is 0. The van der Waals surface area contributed by atoms with Crippen LogP contribution in [0.1, 0.15) is 47.1 Å². The predicted molar refractivity (Wildman–Crippen MR) is 110 cm³/mol. The summed E-state index contributed by atoms with van der Waals surface area (Å²) in [5.41, 5.74) is 2.52. The van der Waals surface area contributed by atoms with Crippen LogP contribution >= 0.6 is 0 Å². The standard InChI is InChI=1S/C23H33NO2/c1-17(2)16-25-22-9-7-8-20(14-22)24-15-18(3)26-21-12-10-19(11-13-21)23(4,5)6/h7-14,17-18,24H,15-16H2,1-6H3. The molecule has 0 aromatic heterocycles. The lowest BCUT2D eigenvalue weighted by molar-refractivity contribution is 0.234. The Labute approximate surface area is 158 Å². The van der Waals surface area contributed by atoms with Crippen molar-refractivity contribution in [1.82, 2.24) is 0 Å². The molecule has 1 unspecified atom stereocenters. The van der Waals surface area contributed by atoms with Crippen molar-refractivity contribution in [3.05, 3.63) is 54.1 Å². The summed E-state index contributed by atoms with van der Waals surface area (Å²) in [5.74, 6) is 2.32. The first-order valence-corrected chi connectivity index (χ1v) is 9.48. The van der Waals surface area contributed by atoms with Crippen LogP contribution in [0.5, 0.6) is 11.5 Å². The van der Waals surface area contributed by atoms with Crippen LogP contribution in [0.4, 0.5) is 5.69 Å². The van der Waals surface area contributed by atoms with Gasteiger partial charge in [-0.2, -0.15) is 0 Å². The zero-order valence-electron chi connectivity index (χ0n) is 17.0. The number of nitrogens with one attached hydrogen (secondary N) is 1. The molecule has 1 atom stereocenters. The molecule has 0 aliphatic carbocycles. The minimum absolute atomic E-state index is 0.0655. The molecule has 3 nitrogen and oxygen atoms in total. The first-order valence-electron chi connectivity index (χ1n) is 9.48. The molecule has 2 aromatic rings. The highest BCUT2D eigenvalue weighted by molar-refractivity contribution is 5.48. The fourth-order valence-electron chi connectivity index (χ4n) is 2.53. The second-order valence-electron chi connectivity index (χ2n) is 8.32. The van der Waals surface area contributed by atoms with E-state index in [-0.39, 0.29) is 11.5 Å².